The maximum atomic E-state index is 11.9. The minimum absolute atomic E-state index is 0.0662. The van der Waals surface area contributed by atoms with E-state index in [2.05, 4.69) is 27.4 Å². The zero-order valence-electron chi connectivity index (χ0n) is 12.6. The average Bonchev–Trinajstić information content (AvgIpc) is 2.54. The first-order chi connectivity index (χ1) is 10.7. The molecule has 1 aliphatic rings. The van der Waals surface area contributed by atoms with Crippen molar-refractivity contribution >= 4 is 23.6 Å². The van der Waals surface area contributed by atoms with Crippen LogP contribution in [-0.2, 0) is 4.79 Å². The van der Waals surface area contributed by atoms with E-state index < -0.39 is 0 Å². The Morgan fingerprint density at radius 2 is 2.32 bits per heavy atom. The zero-order valence-corrected chi connectivity index (χ0v) is 12.6. The predicted octanol–water partition coefficient (Wildman–Crippen LogP) is 3.25. The summed E-state index contributed by atoms with van der Waals surface area (Å²) in [5, 5.41) is 2.78. The topological polar surface area (TPSA) is 80.4 Å². The molecule has 1 aliphatic carbocycles. The Morgan fingerprint density at radius 3 is 2.95 bits per heavy atom. The minimum atomic E-state index is -0.0662. The highest BCUT2D eigenvalue weighted by Gasteiger charge is 2.06. The van der Waals surface area contributed by atoms with E-state index in [-0.39, 0.29) is 5.91 Å². The Kier molecular flexibility index (Phi) is 5.65. The molecule has 0 unspecified atom stereocenters. The third-order valence-corrected chi connectivity index (χ3v) is 3.13. The van der Waals surface area contributed by atoms with Crippen LogP contribution in [0.3, 0.4) is 0 Å². The van der Waals surface area contributed by atoms with Crippen LogP contribution in [0.15, 0.2) is 58.9 Å². The van der Waals surface area contributed by atoms with Crippen molar-refractivity contribution in [3.05, 3.63) is 53.9 Å². The second kappa shape index (κ2) is 7.93. The van der Waals surface area contributed by atoms with Crippen molar-refractivity contribution in [2.24, 2.45) is 10.7 Å². The Hall–Kier alpha value is -2.69. The van der Waals surface area contributed by atoms with Gasteiger partial charge in [-0.05, 0) is 49.2 Å². The van der Waals surface area contributed by atoms with Crippen molar-refractivity contribution < 1.29 is 4.79 Å². The van der Waals surface area contributed by atoms with Gasteiger partial charge in [0.15, 0.2) is 0 Å². The summed E-state index contributed by atoms with van der Waals surface area (Å²) < 4.78 is 0. The van der Waals surface area contributed by atoms with Crippen LogP contribution in [0.25, 0.3) is 0 Å². The monoisotopic (exact) mass is 296 g/mol. The van der Waals surface area contributed by atoms with Gasteiger partial charge < -0.3 is 11.1 Å². The lowest BCUT2D eigenvalue weighted by Gasteiger charge is -2.07. The average molecular weight is 296 g/mol. The van der Waals surface area contributed by atoms with Gasteiger partial charge in [-0.3, -0.25) is 9.79 Å². The van der Waals surface area contributed by atoms with Crippen LogP contribution in [0.4, 0.5) is 11.5 Å². The largest absolute Gasteiger partial charge is 0.404 e. The van der Waals surface area contributed by atoms with Crippen molar-refractivity contribution in [3.8, 4) is 0 Å². The van der Waals surface area contributed by atoms with Crippen LogP contribution in [0.5, 0.6) is 0 Å². The molecule has 0 spiro atoms. The number of carbonyl (C=O) groups excluding carboxylic acids is 1. The van der Waals surface area contributed by atoms with E-state index in [0.29, 0.717) is 17.9 Å². The first-order valence-corrected chi connectivity index (χ1v) is 7.21. The van der Waals surface area contributed by atoms with E-state index in [0.717, 1.165) is 24.0 Å². The van der Waals surface area contributed by atoms with Crippen molar-refractivity contribution in [1.29, 1.82) is 0 Å². The molecule has 1 aromatic heterocycles. The summed E-state index contributed by atoms with van der Waals surface area (Å²) in [5.74, 6) is 0.457. The van der Waals surface area contributed by atoms with Crippen LogP contribution >= 0.6 is 0 Å². The third-order valence-electron chi connectivity index (χ3n) is 3.13. The highest BCUT2D eigenvalue weighted by Crippen LogP contribution is 2.16. The molecule has 5 heteroatoms. The first-order valence-electron chi connectivity index (χ1n) is 7.21. The number of nitrogens with one attached hydrogen (secondary N) is 1. The molecule has 114 valence electrons. The lowest BCUT2D eigenvalue weighted by molar-refractivity contribution is -0.115. The van der Waals surface area contributed by atoms with Crippen LogP contribution in [0, 0.1) is 0 Å². The van der Waals surface area contributed by atoms with Gasteiger partial charge in [-0.25, -0.2) is 4.98 Å². The Morgan fingerprint density at radius 1 is 1.45 bits per heavy atom. The standard InChI is InChI=1S/C17H20N4O/c1-13(10-18)11-19-15-7-8-16(20-12-15)21-17(22)9-14-5-3-2-4-6-14/h3,5-8,10-12H,2,4,9,18H2,1H3,(H,20,21,22)/b13-10-,19-11?. The Bertz CT molecular complexity index is 639. The lowest BCUT2D eigenvalue weighted by atomic mass is 10.0. The van der Waals surface area contributed by atoms with Gasteiger partial charge in [0.05, 0.1) is 18.3 Å². The van der Waals surface area contributed by atoms with Gasteiger partial charge in [-0.1, -0.05) is 18.2 Å². The number of nitrogens with zero attached hydrogens (tertiary/aromatic N) is 2. The van der Waals surface area contributed by atoms with Crippen LogP contribution in [0.1, 0.15) is 26.2 Å². The van der Waals surface area contributed by atoms with E-state index in [1.807, 2.05) is 13.0 Å². The van der Waals surface area contributed by atoms with Crippen molar-refractivity contribution in [2.75, 3.05) is 5.32 Å². The molecule has 0 radical (unpaired) electrons. The second-order valence-corrected chi connectivity index (χ2v) is 5.05. The fourth-order valence-electron chi connectivity index (χ4n) is 1.93. The fraction of sp³-hybridized carbons (Fsp3) is 0.235. The molecule has 1 heterocycles. The fourth-order valence-corrected chi connectivity index (χ4v) is 1.93. The number of nitrogens with two attached hydrogens (primary N) is 1. The van der Waals surface area contributed by atoms with Gasteiger partial charge in [-0.2, -0.15) is 0 Å². The number of aliphatic imine (C=N–C) groups is 1. The molecule has 0 saturated carbocycles. The van der Waals surface area contributed by atoms with E-state index in [9.17, 15) is 4.79 Å². The van der Waals surface area contributed by atoms with Gasteiger partial charge in [-0.15, -0.1) is 0 Å². The number of aromatic nitrogens is 1. The van der Waals surface area contributed by atoms with Gasteiger partial charge in [0.25, 0.3) is 0 Å². The van der Waals surface area contributed by atoms with Crippen LogP contribution in [0.2, 0.25) is 0 Å². The molecule has 5 nitrogen and oxygen atoms in total. The van der Waals surface area contributed by atoms with Crippen LogP contribution in [-0.4, -0.2) is 17.1 Å². The number of rotatable bonds is 5. The molecule has 1 aromatic rings. The molecular weight excluding hydrogens is 276 g/mol. The van der Waals surface area contributed by atoms with Crippen molar-refractivity contribution in [2.45, 2.75) is 26.2 Å². The molecule has 0 bridgehead atoms. The molecule has 0 aromatic carbocycles. The molecule has 22 heavy (non-hydrogen) atoms. The van der Waals surface area contributed by atoms with E-state index in [4.69, 9.17) is 5.73 Å². The highest BCUT2D eigenvalue weighted by molar-refractivity contribution is 5.91. The number of anilines is 1. The number of carbonyl (C=O) groups is 1. The summed E-state index contributed by atoms with van der Waals surface area (Å²) >= 11 is 0. The first kappa shape index (κ1) is 15.7. The minimum Gasteiger partial charge on any atom is -0.404 e. The molecular formula is C17H20N4O. The molecule has 0 aliphatic heterocycles. The molecule has 0 atom stereocenters. The summed E-state index contributed by atoms with van der Waals surface area (Å²) in [5.41, 5.74) is 7.99. The highest BCUT2D eigenvalue weighted by atomic mass is 16.1. The molecule has 3 N–H and O–H groups in total. The normalized spacial score (nSPS) is 15.0. The van der Waals surface area contributed by atoms with Crippen molar-refractivity contribution in [1.82, 2.24) is 4.98 Å². The van der Waals surface area contributed by atoms with Crippen LogP contribution < -0.4 is 11.1 Å². The summed E-state index contributed by atoms with van der Waals surface area (Å²) in [6, 6.07) is 3.53. The summed E-state index contributed by atoms with van der Waals surface area (Å²) in [7, 11) is 0. The maximum absolute atomic E-state index is 11.9. The number of allylic oxidation sites excluding steroid dienone is 4. The van der Waals surface area contributed by atoms with E-state index >= 15 is 0 Å². The van der Waals surface area contributed by atoms with E-state index in [1.54, 1.807) is 24.5 Å². The predicted molar refractivity (Wildman–Crippen MR) is 90.0 cm³/mol. The number of pyridine rings is 1. The summed E-state index contributed by atoms with van der Waals surface area (Å²) in [6.45, 7) is 1.86. The molecule has 0 fully saturated rings. The smallest absolute Gasteiger partial charge is 0.229 e. The number of hydrogen-bond donors (Lipinski definition) is 2. The number of hydrogen-bond acceptors (Lipinski definition) is 4. The lowest BCUT2D eigenvalue weighted by Crippen LogP contribution is -2.13. The Balaban J connectivity index is 1.90. The van der Waals surface area contributed by atoms with Gasteiger partial charge in [0.2, 0.25) is 5.91 Å². The molecule has 2 rings (SSSR count). The van der Waals surface area contributed by atoms with E-state index in [1.165, 1.54) is 6.20 Å². The number of amides is 1. The summed E-state index contributed by atoms with van der Waals surface area (Å²) in [4.78, 5) is 20.3. The second-order valence-electron chi connectivity index (χ2n) is 5.05. The quantitative estimate of drug-likeness (QED) is 0.818. The maximum Gasteiger partial charge on any atom is 0.229 e. The van der Waals surface area contributed by atoms with Crippen molar-refractivity contribution in [3.63, 3.8) is 0 Å². The molecule has 1 amide bonds. The Labute approximate surface area is 130 Å². The van der Waals surface area contributed by atoms with Gasteiger partial charge in [0, 0.05) is 6.21 Å². The zero-order chi connectivity index (χ0) is 15.8. The van der Waals surface area contributed by atoms with Gasteiger partial charge >= 0.3 is 0 Å². The SMILES string of the molecule is C/C(C=Nc1ccc(NC(=O)CC2=CCCC=C2)nc1)=C/N. The third kappa shape index (κ3) is 5.01. The summed E-state index contributed by atoms with van der Waals surface area (Å²) in [6.07, 6.45) is 13.4. The molecule has 0 saturated heterocycles. The van der Waals surface area contributed by atoms with Gasteiger partial charge in [0.1, 0.15) is 5.82 Å².